The van der Waals surface area contributed by atoms with E-state index in [4.69, 9.17) is 9.52 Å². The van der Waals surface area contributed by atoms with E-state index in [2.05, 4.69) is 12.2 Å². The minimum absolute atomic E-state index is 0.0173. The van der Waals surface area contributed by atoms with E-state index in [1.54, 1.807) is 0 Å². The zero-order valence-corrected chi connectivity index (χ0v) is 10.0. The molecule has 17 heavy (non-hydrogen) atoms. The number of unbranched alkanes of at least 4 members (excludes halogenated alkanes) is 1. The number of rotatable bonds is 6. The van der Waals surface area contributed by atoms with Crippen molar-refractivity contribution in [3.8, 4) is 0 Å². The summed E-state index contributed by atoms with van der Waals surface area (Å²) in [6.07, 6.45) is 4.08. The largest absolute Gasteiger partial charge is 0.478 e. The van der Waals surface area contributed by atoms with Crippen LogP contribution in [0.15, 0.2) is 16.7 Å². The average molecular weight is 239 g/mol. The van der Waals surface area contributed by atoms with Crippen molar-refractivity contribution in [2.45, 2.75) is 39.2 Å². The van der Waals surface area contributed by atoms with Gasteiger partial charge in [-0.05, 0) is 13.3 Å². The third kappa shape index (κ3) is 3.94. The zero-order valence-electron chi connectivity index (χ0n) is 10.0. The lowest BCUT2D eigenvalue weighted by atomic mass is 10.1. The Bertz CT molecular complexity index is 397. The molecule has 1 amide bonds. The molecule has 94 valence electrons. The van der Waals surface area contributed by atoms with Gasteiger partial charge in [-0.3, -0.25) is 4.79 Å². The molecule has 0 aliphatic carbocycles. The highest BCUT2D eigenvalue weighted by molar-refractivity contribution is 5.95. The SMILES string of the molecule is CCCCC(C)NC(=O)c1cc(C(=O)O)co1. The molecular formula is C12H17NO4. The molecule has 1 rings (SSSR count). The summed E-state index contributed by atoms with van der Waals surface area (Å²) in [6.45, 7) is 3.99. The van der Waals surface area contributed by atoms with Crippen LogP contribution in [0, 0.1) is 0 Å². The summed E-state index contributed by atoms with van der Waals surface area (Å²) < 4.78 is 4.90. The van der Waals surface area contributed by atoms with Gasteiger partial charge in [0, 0.05) is 12.1 Å². The van der Waals surface area contributed by atoms with Crippen molar-refractivity contribution < 1.29 is 19.1 Å². The quantitative estimate of drug-likeness (QED) is 0.798. The van der Waals surface area contributed by atoms with Crippen LogP contribution in [0.2, 0.25) is 0 Å². The smallest absolute Gasteiger partial charge is 0.338 e. The first-order valence-corrected chi connectivity index (χ1v) is 5.67. The molecule has 2 N–H and O–H groups in total. The second-order valence-electron chi connectivity index (χ2n) is 4.02. The molecule has 0 aliphatic rings. The van der Waals surface area contributed by atoms with Crippen LogP contribution in [0.1, 0.15) is 54.0 Å². The van der Waals surface area contributed by atoms with Gasteiger partial charge in [-0.1, -0.05) is 19.8 Å². The van der Waals surface area contributed by atoms with Crippen LogP contribution in [-0.2, 0) is 0 Å². The molecule has 0 fully saturated rings. The van der Waals surface area contributed by atoms with Crippen molar-refractivity contribution >= 4 is 11.9 Å². The van der Waals surface area contributed by atoms with Crippen molar-refractivity contribution in [3.63, 3.8) is 0 Å². The molecule has 1 aromatic rings. The van der Waals surface area contributed by atoms with Crippen LogP contribution in [0.5, 0.6) is 0 Å². The minimum Gasteiger partial charge on any atom is -0.478 e. The molecule has 1 unspecified atom stereocenters. The van der Waals surface area contributed by atoms with Gasteiger partial charge in [0.1, 0.15) is 6.26 Å². The van der Waals surface area contributed by atoms with Crippen molar-refractivity contribution in [2.75, 3.05) is 0 Å². The fraction of sp³-hybridized carbons (Fsp3) is 0.500. The number of carbonyl (C=O) groups is 2. The highest BCUT2D eigenvalue weighted by Crippen LogP contribution is 2.08. The van der Waals surface area contributed by atoms with Crippen LogP contribution in [0.25, 0.3) is 0 Å². The van der Waals surface area contributed by atoms with Crippen molar-refractivity contribution in [2.24, 2.45) is 0 Å². The summed E-state index contributed by atoms with van der Waals surface area (Å²) in [5, 5.41) is 11.4. The van der Waals surface area contributed by atoms with Gasteiger partial charge in [-0.15, -0.1) is 0 Å². The maximum atomic E-state index is 11.7. The second kappa shape index (κ2) is 6.08. The highest BCUT2D eigenvalue weighted by atomic mass is 16.4. The maximum absolute atomic E-state index is 11.7. The number of hydrogen-bond donors (Lipinski definition) is 2. The summed E-state index contributed by atoms with van der Waals surface area (Å²) >= 11 is 0. The standard InChI is InChI=1S/C12H17NO4/c1-3-4-5-8(2)13-11(14)10-6-9(7-17-10)12(15)16/h6-8H,3-5H2,1-2H3,(H,13,14)(H,15,16). The van der Waals surface area contributed by atoms with E-state index >= 15 is 0 Å². The summed E-state index contributed by atoms with van der Waals surface area (Å²) in [5.41, 5.74) is -0.0173. The lowest BCUT2D eigenvalue weighted by Crippen LogP contribution is -2.32. The van der Waals surface area contributed by atoms with E-state index in [-0.39, 0.29) is 23.3 Å². The Hall–Kier alpha value is -1.78. The number of carboxylic acid groups (broad SMARTS) is 1. The predicted octanol–water partition coefficient (Wildman–Crippen LogP) is 2.29. The van der Waals surface area contributed by atoms with Gasteiger partial charge in [0.05, 0.1) is 5.56 Å². The van der Waals surface area contributed by atoms with E-state index < -0.39 is 5.97 Å². The molecule has 0 aliphatic heterocycles. The van der Waals surface area contributed by atoms with Crippen LogP contribution in [0.3, 0.4) is 0 Å². The first-order chi connectivity index (χ1) is 8.04. The predicted molar refractivity (Wildman–Crippen MR) is 62.1 cm³/mol. The fourth-order valence-corrected chi connectivity index (χ4v) is 1.44. The van der Waals surface area contributed by atoms with Crippen LogP contribution < -0.4 is 5.32 Å². The lowest BCUT2D eigenvalue weighted by molar-refractivity contribution is 0.0695. The Kier molecular flexibility index (Phi) is 4.75. The lowest BCUT2D eigenvalue weighted by Gasteiger charge is -2.11. The highest BCUT2D eigenvalue weighted by Gasteiger charge is 2.15. The molecule has 5 heteroatoms. The molecule has 0 spiro atoms. The Balaban J connectivity index is 2.54. The molecule has 0 saturated carbocycles. The molecule has 1 heterocycles. The van der Waals surface area contributed by atoms with Crippen molar-refractivity contribution in [1.82, 2.24) is 5.32 Å². The van der Waals surface area contributed by atoms with E-state index in [9.17, 15) is 9.59 Å². The van der Waals surface area contributed by atoms with Crippen molar-refractivity contribution in [1.29, 1.82) is 0 Å². The van der Waals surface area contributed by atoms with Crippen LogP contribution in [0.4, 0.5) is 0 Å². The molecule has 0 bridgehead atoms. The Labute approximate surface area is 99.8 Å². The summed E-state index contributed by atoms with van der Waals surface area (Å²) in [6, 6.07) is 1.28. The molecule has 5 nitrogen and oxygen atoms in total. The third-order valence-corrected chi connectivity index (χ3v) is 2.44. The first-order valence-electron chi connectivity index (χ1n) is 5.67. The van der Waals surface area contributed by atoms with Crippen LogP contribution >= 0.6 is 0 Å². The van der Waals surface area contributed by atoms with E-state index in [0.29, 0.717) is 0 Å². The Morgan fingerprint density at radius 1 is 1.53 bits per heavy atom. The molecule has 0 aromatic carbocycles. The number of furan rings is 1. The van der Waals surface area contributed by atoms with E-state index in [1.807, 2.05) is 6.92 Å². The molecule has 1 aromatic heterocycles. The number of aromatic carboxylic acids is 1. The number of amides is 1. The van der Waals surface area contributed by atoms with Gasteiger partial charge >= 0.3 is 5.97 Å². The number of carboxylic acids is 1. The van der Waals surface area contributed by atoms with Gasteiger partial charge in [-0.25, -0.2) is 4.79 Å². The fourth-order valence-electron chi connectivity index (χ4n) is 1.44. The Morgan fingerprint density at radius 3 is 2.76 bits per heavy atom. The monoisotopic (exact) mass is 239 g/mol. The second-order valence-corrected chi connectivity index (χ2v) is 4.02. The first kappa shape index (κ1) is 13.3. The van der Waals surface area contributed by atoms with E-state index in [1.165, 1.54) is 6.07 Å². The maximum Gasteiger partial charge on any atom is 0.338 e. The van der Waals surface area contributed by atoms with Crippen LogP contribution in [-0.4, -0.2) is 23.0 Å². The average Bonchev–Trinajstić information content (AvgIpc) is 2.75. The van der Waals surface area contributed by atoms with Gasteiger partial charge in [0.2, 0.25) is 0 Å². The summed E-state index contributed by atoms with van der Waals surface area (Å²) in [7, 11) is 0. The number of hydrogen-bond acceptors (Lipinski definition) is 3. The van der Waals surface area contributed by atoms with Crippen molar-refractivity contribution in [3.05, 3.63) is 23.7 Å². The number of nitrogens with one attached hydrogen (secondary N) is 1. The Morgan fingerprint density at radius 2 is 2.24 bits per heavy atom. The third-order valence-electron chi connectivity index (χ3n) is 2.44. The number of carbonyl (C=O) groups excluding carboxylic acids is 1. The molecule has 0 radical (unpaired) electrons. The topological polar surface area (TPSA) is 79.5 Å². The minimum atomic E-state index is -1.10. The zero-order chi connectivity index (χ0) is 12.8. The van der Waals surface area contributed by atoms with E-state index in [0.717, 1.165) is 25.5 Å². The van der Waals surface area contributed by atoms with Gasteiger partial charge < -0.3 is 14.8 Å². The normalized spacial score (nSPS) is 12.1. The summed E-state index contributed by atoms with van der Waals surface area (Å²) in [5.74, 6) is -1.45. The van der Waals surface area contributed by atoms with Gasteiger partial charge in [-0.2, -0.15) is 0 Å². The molecular weight excluding hydrogens is 222 g/mol. The summed E-state index contributed by atoms with van der Waals surface area (Å²) in [4.78, 5) is 22.3. The van der Waals surface area contributed by atoms with Gasteiger partial charge in [0.25, 0.3) is 5.91 Å². The molecule has 1 atom stereocenters. The molecule has 0 saturated heterocycles. The van der Waals surface area contributed by atoms with Gasteiger partial charge in [0.15, 0.2) is 5.76 Å².